The highest BCUT2D eigenvalue weighted by Gasteiger charge is 2.33. The van der Waals surface area contributed by atoms with Crippen LogP contribution in [0.5, 0.6) is 0 Å². The number of nitrogens with one attached hydrogen (secondary N) is 2. The van der Waals surface area contributed by atoms with Gasteiger partial charge in [-0.05, 0) is 35.3 Å². The number of aromatic nitrogens is 3. The highest BCUT2D eigenvalue weighted by Crippen LogP contribution is 2.48. The van der Waals surface area contributed by atoms with Gasteiger partial charge in [-0.15, -0.1) is 16.4 Å². The number of pyridine rings is 1. The van der Waals surface area contributed by atoms with Gasteiger partial charge in [-0.2, -0.15) is 0 Å². The summed E-state index contributed by atoms with van der Waals surface area (Å²) in [4.78, 5) is 38.6. The van der Waals surface area contributed by atoms with Crippen LogP contribution in [-0.2, 0) is 0 Å². The van der Waals surface area contributed by atoms with Gasteiger partial charge in [0, 0.05) is 5.39 Å². The van der Waals surface area contributed by atoms with E-state index in [4.69, 9.17) is 17.3 Å². The molecule has 14 heteroatoms. The molecule has 1 aliphatic rings. The molecule has 1 fully saturated rings. The fourth-order valence-electron chi connectivity index (χ4n) is 3.03. The lowest BCUT2D eigenvalue weighted by atomic mass is 10.0. The summed E-state index contributed by atoms with van der Waals surface area (Å²) < 4.78 is 26.5. The Kier molecular flexibility index (Phi) is 4.86. The Labute approximate surface area is 174 Å². The normalized spacial score (nSPS) is 13.7. The molecule has 1 aliphatic carbocycles. The Balaban J connectivity index is 1.85. The van der Waals surface area contributed by atoms with E-state index in [-0.39, 0.29) is 21.3 Å². The molecular formula is C16H11ClF2N6O4S. The molecule has 0 atom stereocenters. The van der Waals surface area contributed by atoms with Crippen molar-refractivity contribution in [2.24, 2.45) is 5.73 Å². The smallest absolute Gasteiger partial charge is 0.362 e. The summed E-state index contributed by atoms with van der Waals surface area (Å²) in [6.07, 6.45) is -1.30. The van der Waals surface area contributed by atoms with Crippen molar-refractivity contribution in [2.75, 3.05) is 5.32 Å². The third-order valence-corrected chi connectivity index (χ3v) is 5.96. The van der Waals surface area contributed by atoms with Gasteiger partial charge in [-0.3, -0.25) is 9.59 Å². The van der Waals surface area contributed by atoms with E-state index in [0.717, 1.165) is 24.2 Å². The van der Waals surface area contributed by atoms with Crippen LogP contribution in [0.2, 0.25) is 5.02 Å². The number of halogens is 3. The number of H-pyrrole nitrogens is 1. The standard InChI is InChI=1S/C16H11ClF2N6O4S/c17-8-10(23-24-14(8)25(28)29)15(27)22-9-7-5(4-1-2-4)3-6(12(18)19)21-16(7)30-11(9)13(20)26/h3-4,12H,1-2H2,(H2,20,26)(H,22,27)(H,23,24). The molecule has 3 aromatic rings. The predicted octanol–water partition coefficient (Wildman–Crippen LogP) is 3.75. The molecule has 4 N–H and O–H groups in total. The van der Waals surface area contributed by atoms with Crippen molar-refractivity contribution in [3.05, 3.63) is 43.0 Å². The Morgan fingerprint density at radius 3 is 2.67 bits per heavy atom. The second-order valence-corrected chi connectivity index (χ2v) is 7.88. The van der Waals surface area contributed by atoms with E-state index in [1.165, 1.54) is 6.07 Å². The number of amides is 2. The summed E-state index contributed by atoms with van der Waals surface area (Å²) in [7, 11) is 0. The van der Waals surface area contributed by atoms with E-state index in [1.54, 1.807) is 0 Å². The Hall–Kier alpha value is -3.19. The predicted molar refractivity (Wildman–Crippen MR) is 103 cm³/mol. The van der Waals surface area contributed by atoms with Gasteiger partial charge in [-0.1, -0.05) is 16.7 Å². The Morgan fingerprint density at radius 1 is 1.43 bits per heavy atom. The summed E-state index contributed by atoms with van der Waals surface area (Å²) >= 11 is 6.61. The monoisotopic (exact) mass is 456 g/mol. The maximum absolute atomic E-state index is 13.3. The van der Waals surface area contributed by atoms with E-state index in [2.05, 4.69) is 15.4 Å². The molecule has 0 spiro atoms. The number of nitro groups is 1. The lowest BCUT2D eigenvalue weighted by Gasteiger charge is -2.09. The first-order chi connectivity index (χ1) is 14.2. The summed E-state index contributed by atoms with van der Waals surface area (Å²) in [6.45, 7) is 0. The van der Waals surface area contributed by atoms with Crippen molar-refractivity contribution < 1.29 is 23.3 Å². The van der Waals surface area contributed by atoms with Crippen LogP contribution in [0.1, 0.15) is 56.6 Å². The molecular weight excluding hydrogens is 446 g/mol. The first-order valence-electron chi connectivity index (χ1n) is 8.43. The number of hydrogen-bond donors (Lipinski definition) is 3. The lowest BCUT2D eigenvalue weighted by molar-refractivity contribution is -0.389. The fourth-order valence-corrected chi connectivity index (χ4v) is 4.29. The Bertz CT molecular complexity index is 1220. The molecule has 4 rings (SSSR count). The summed E-state index contributed by atoms with van der Waals surface area (Å²) in [5.74, 6) is -2.53. The van der Waals surface area contributed by atoms with Gasteiger partial charge >= 0.3 is 5.82 Å². The van der Waals surface area contributed by atoms with Gasteiger partial charge < -0.3 is 21.2 Å². The quantitative estimate of drug-likeness (QED) is 0.378. The van der Waals surface area contributed by atoms with Gasteiger partial charge in [0.15, 0.2) is 10.7 Å². The molecule has 0 aliphatic heterocycles. The van der Waals surface area contributed by atoms with Crippen LogP contribution >= 0.6 is 22.9 Å². The minimum Gasteiger partial charge on any atom is -0.365 e. The van der Waals surface area contributed by atoms with Gasteiger partial charge in [0.1, 0.15) is 15.4 Å². The number of primary amides is 1. The number of carbonyl (C=O) groups excluding carboxylic acids is 2. The first-order valence-corrected chi connectivity index (χ1v) is 9.63. The average molecular weight is 457 g/mol. The molecule has 0 bridgehead atoms. The molecule has 3 aromatic heterocycles. The van der Waals surface area contributed by atoms with Crippen LogP contribution in [0.4, 0.5) is 20.3 Å². The van der Waals surface area contributed by atoms with Crippen LogP contribution in [0, 0.1) is 10.1 Å². The second-order valence-electron chi connectivity index (χ2n) is 6.51. The number of thiophene rings is 1. The number of nitrogens with zero attached hydrogens (tertiary/aromatic N) is 3. The van der Waals surface area contributed by atoms with Crippen molar-refractivity contribution in [3.8, 4) is 0 Å². The van der Waals surface area contributed by atoms with Crippen LogP contribution < -0.4 is 11.1 Å². The third-order valence-electron chi connectivity index (χ3n) is 4.50. The molecule has 0 radical (unpaired) electrons. The van der Waals surface area contributed by atoms with Gasteiger partial charge in [-0.25, -0.2) is 13.8 Å². The lowest BCUT2D eigenvalue weighted by Crippen LogP contribution is -2.17. The third kappa shape index (κ3) is 3.35. The van der Waals surface area contributed by atoms with Gasteiger partial charge in [0.2, 0.25) is 0 Å². The van der Waals surface area contributed by atoms with Crippen molar-refractivity contribution in [3.63, 3.8) is 0 Å². The molecule has 0 unspecified atom stereocenters. The summed E-state index contributed by atoms with van der Waals surface area (Å²) in [5.41, 5.74) is 5.02. The average Bonchev–Trinajstić information content (AvgIpc) is 3.35. The molecule has 10 nitrogen and oxygen atoms in total. The molecule has 0 saturated heterocycles. The fraction of sp³-hybridized carbons (Fsp3) is 0.250. The van der Waals surface area contributed by atoms with Crippen molar-refractivity contribution in [1.82, 2.24) is 15.2 Å². The number of nitrogens with two attached hydrogens (primary N) is 1. The maximum atomic E-state index is 13.3. The molecule has 0 aromatic carbocycles. The second kappa shape index (κ2) is 7.25. The summed E-state index contributed by atoms with van der Waals surface area (Å²) in [6, 6.07) is 1.25. The van der Waals surface area contributed by atoms with E-state index in [1.807, 2.05) is 5.10 Å². The number of hydrogen-bond acceptors (Lipinski definition) is 7. The highest BCUT2D eigenvalue weighted by atomic mass is 35.5. The van der Waals surface area contributed by atoms with E-state index >= 15 is 0 Å². The van der Waals surface area contributed by atoms with Crippen molar-refractivity contribution in [1.29, 1.82) is 0 Å². The van der Waals surface area contributed by atoms with E-state index in [0.29, 0.717) is 10.9 Å². The van der Waals surface area contributed by atoms with Gasteiger partial charge in [0.25, 0.3) is 18.2 Å². The maximum Gasteiger partial charge on any atom is 0.362 e. The zero-order valence-corrected chi connectivity index (χ0v) is 16.3. The molecule has 30 heavy (non-hydrogen) atoms. The zero-order chi connectivity index (χ0) is 21.7. The molecule has 1 saturated carbocycles. The van der Waals surface area contributed by atoms with Crippen molar-refractivity contribution >= 4 is 56.5 Å². The number of alkyl halides is 2. The highest BCUT2D eigenvalue weighted by molar-refractivity contribution is 7.21. The van der Waals surface area contributed by atoms with Gasteiger partial charge in [0.05, 0.1) is 5.69 Å². The largest absolute Gasteiger partial charge is 0.365 e. The molecule has 156 valence electrons. The minimum atomic E-state index is -2.81. The zero-order valence-electron chi connectivity index (χ0n) is 14.7. The molecule has 3 heterocycles. The van der Waals surface area contributed by atoms with Crippen LogP contribution in [0.15, 0.2) is 6.07 Å². The summed E-state index contributed by atoms with van der Waals surface area (Å²) in [5, 5.41) is 18.7. The number of anilines is 1. The van der Waals surface area contributed by atoms with E-state index in [9.17, 15) is 28.5 Å². The van der Waals surface area contributed by atoms with Crippen LogP contribution in [0.25, 0.3) is 10.2 Å². The van der Waals surface area contributed by atoms with Crippen molar-refractivity contribution in [2.45, 2.75) is 25.2 Å². The first kappa shape index (κ1) is 20.1. The SMILES string of the molecule is NC(=O)c1sc2nc(C(F)F)cc(C3CC3)c2c1NC(=O)c1n[nH]c([N+](=O)[O-])c1Cl. The van der Waals surface area contributed by atoms with E-state index < -0.39 is 45.4 Å². The molecule has 2 amide bonds. The Morgan fingerprint density at radius 2 is 2.13 bits per heavy atom. The number of aromatic amines is 1. The van der Waals surface area contributed by atoms with Crippen LogP contribution in [0.3, 0.4) is 0 Å². The number of fused-ring (bicyclic) bond motifs is 1. The number of carbonyl (C=O) groups is 2. The van der Waals surface area contributed by atoms with Crippen LogP contribution in [-0.4, -0.2) is 31.9 Å². The minimum absolute atomic E-state index is 0.00978. The topological polar surface area (TPSA) is 157 Å². The number of rotatable bonds is 6.